The number of nitrogens with zero attached hydrogens (tertiary/aromatic N) is 2. The molecule has 2 N–H and O–H groups in total. The van der Waals surface area contributed by atoms with Crippen molar-refractivity contribution in [2.75, 3.05) is 13.1 Å². The fourth-order valence-corrected chi connectivity index (χ4v) is 3.06. The zero-order chi connectivity index (χ0) is 20.8. The Morgan fingerprint density at radius 1 is 1.00 bits per heavy atom. The minimum absolute atomic E-state index is 0.128. The van der Waals surface area contributed by atoms with Crippen LogP contribution in [0.3, 0.4) is 0 Å². The maximum absolute atomic E-state index is 13.5. The Labute approximate surface area is 166 Å². The van der Waals surface area contributed by atoms with Gasteiger partial charge in [-0.25, -0.2) is 4.98 Å². The van der Waals surface area contributed by atoms with Gasteiger partial charge in [0.2, 0.25) is 11.8 Å². The highest BCUT2D eigenvalue weighted by molar-refractivity contribution is 5.85. The van der Waals surface area contributed by atoms with Crippen molar-refractivity contribution in [3.8, 4) is 0 Å². The molecule has 3 aromatic rings. The second kappa shape index (κ2) is 9.27. The number of para-hydroxylation sites is 2. The predicted molar refractivity (Wildman–Crippen MR) is 106 cm³/mol. The average molecular weight is 400 g/mol. The van der Waals surface area contributed by atoms with Gasteiger partial charge in [0.25, 0.3) is 0 Å². The third-order valence-electron chi connectivity index (χ3n) is 4.52. The second-order valence-electron chi connectivity index (χ2n) is 6.75. The van der Waals surface area contributed by atoms with Crippen molar-refractivity contribution in [1.29, 1.82) is 0 Å². The van der Waals surface area contributed by atoms with E-state index in [0.29, 0.717) is 11.0 Å². The smallest absolute Gasteiger partial charge is 0.320 e. The van der Waals surface area contributed by atoms with E-state index < -0.39 is 18.4 Å². The van der Waals surface area contributed by atoms with E-state index in [4.69, 9.17) is 0 Å². The molecule has 1 heterocycles. The second-order valence-corrected chi connectivity index (χ2v) is 6.75. The van der Waals surface area contributed by atoms with Crippen LogP contribution in [0.5, 0.6) is 0 Å². The Morgan fingerprint density at radius 3 is 2.41 bits per heavy atom. The molecule has 2 amide bonds. The summed E-state index contributed by atoms with van der Waals surface area (Å²) in [6.45, 7) is -1.06. The summed E-state index contributed by atoms with van der Waals surface area (Å²) >= 11 is 0. The van der Waals surface area contributed by atoms with Crippen molar-refractivity contribution in [2.45, 2.75) is 25.8 Å². The van der Waals surface area contributed by atoms with E-state index in [0.717, 1.165) is 10.1 Å². The number of halogens is 2. The molecular weight excluding hydrogens is 378 g/mol. The van der Waals surface area contributed by atoms with Gasteiger partial charge in [-0.1, -0.05) is 49.4 Å². The SMILES string of the molecule is C[C@@H](CNC(=O)CNC(=O)Cc1ccccc1)c1nc2ccccc2n1C(F)F. The van der Waals surface area contributed by atoms with E-state index in [1.54, 1.807) is 31.2 Å². The summed E-state index contributed by atoms with van der Waals surface area (Å²) in [5, 5.41) is 5.21. The number of rotatable bonds is 8. The van der Waals surface area contributed by atoms with Gasteiger partial charge < -0.3 is 10.6 Å². The molecule has 0 aliphatic rings. The molecule has 3 rings (SSSR count). The van der Waals surface area contributed by atoms with Crippen molar-refractivity contribution in [3.05, 3.63) is 66.0 Å². The maximum atomic E-state index is 13.5. The molecule has 0 saturated carbocycles. The Hall–Kier alpha value is -3.29. The lowest BCUT2D eigenvalue weighted by molar-refractivity contribution is -0.125. The van der Waals surface area contributed by atoms with Crippen LogP contribution in [0, 0.1) is 0 Å². The number of hydrogen-bond acceptors (Lipinski definition) is 3. The molecule has 2 aromatic carbocycles. The molecule has 0 saturated heterocycles. The van der Waals surface area contributed by atoms with Gasteiger partial charge in [0.1, 0.15) is 5.82 Å². The fourth-order valence-electron chi connectivity index (χ4n) is 3.06. The first kappa shape index (κ1) is 20.4. The molecule has 0 fully saturated rings. The van der Waals surface area contributed by atoms with E-state index in [1.165, 1.54) is 0 Å². The molecule has 0 spiro atoms. The standard InChI is InChI=1S/C21H22F2N4O2/c1-14(20-26-16-9-5-6-10-17(16)27(20)21(22)23)12-24-19(29)13-25-18(28)11-15-7-3-2-4-8-15/h2-10,14,21H,11-13H2,1H3,(H,24,29)(H,25,28)/t14-/m0/s1. The summed E-state index contributed by atoms with van der Waals surface area (Å²) in [5.41, 5.74) is 1.68. The average Bonchev–Trinajstić information content (AvgIpc) is 3.11. The Morgan fingerprint density at radius 2 is 1.69 bits per heavy atom. The summed E-state index contributed by atoms with van der Waals surface area (Å²) in [6, 6.07) is 15.9. The number of fused-ring (bicyclic) bond motifs is 1. The summed E-state index contributed by atoms with van der Waals surface area (Å²) < 4.78 is 27.9. The van der Waals surface area contributed by atoms with Crippen LogP contribution in [0.25, 0.3) is 11.0 Å². The van der Waals surface area contributed by atoms with Crippen LogP contribution in [0.15, 0.2) is 54.6 Å². The highest BCUT2D eigenvalue weighted by Gasteiger charge is 2.22. The van der Waals surface area contributed by atoms with Crippen LogP contribution in [0.2, 0.25) is 0 Å². The Bertz CT molecular complexity index is 989. The maximum Gasteiger partial charge on any atom is 0.320 e. The Balaban J connectivity index is 1.53. The normalized spacial score (nSPS) is 12.1. The summed E-state index contributed by atoms with van der Waals surface area (Å²) in [7, 11) is 0. The van der Waals surface area contributed by atoms with E-state index >= 15 is 0 Å². The van der Waals surface area contributed by atoms with Crippen molar-refractivity contribution in [1.82, 2.24) is 20.2 Å². The number of hydrogen-bond donors (Lipinski definition) is 2. The number of imidazole rings is 1. The summed E-state index contributed by atoms with van der Waals surface area (Å²) in [4.78, 5) is 28.2. The summed E-state index contributed by atoms with van der Waals surface area (Å²) in [6.07, 6.45) is 0.183. The quantitative estimate of drug-likeness (QED) is 0.610. The molecule has 0 aliphatic heterocycles. The molecule has 1 aromatic heterocycles. The first-order chi connectivity index (χ1) is 14.0. The molecule has 0 unspecified atom stereocenters. The lowest BCUT2D eigenvalue weighted by Gasteiger charge is -2.15. The van der Waals surface area contributed by atoms with E-state index in [1.807, 2.05) is 30.3 Å². The van der Waals surface area contributed by atoms with Gasteiger partial charge in [-0.15, -0.1) is 0 Å². The molecule has 1 atom stereocenters. The van der Waals surface area contributed by atoms with Gasteiger partial charge in [-0.3, -0.25) is 14.2 Å². The van der Waals surface area contributed by atoms with Gasteiger partial charge in [-0.2, -0.15) is 8.78 Å². The third kappa shape index (κ3) is 5.16. The number of carbonyl (C=O) groups is 2. The van der Waals surface area contributed by atoms with Crippen LogP contribution in [-0.4, -0.2) is 34.5 Å². The number of benzene rings is 2. The largest absolute Gasteiger partial charge is 0.354 e. The molecule has 0 bridgehead atoms. The number of amides is 2. The molecule has 8 heteroatoms. The van der Waals surface area contributed by atoms with Crippen LogP contribution in [0.1, 0.15) is 30.8 Å². The van der Waals surface area contributed by atoms with Gasteiger partial charge in [0.15, 0.2) is 0 Å². The first-order valence-corrected chi connectivity index (χ1v) is 9.28. The van der Waals surface area contributed by atoms with Gasteiger partial charge in [0.05, 0.1) is 24.0 Å². The molecule has 152 valence electrons. The number of nitrogens with one attached hydrogen (secondary N) is 2. The van der Waals surface area contributed by atoms with Gasteiger partial charge in [-0.05, 0) is 17.7 Å². The van der Waals surface area contributed by atoms with Crippen LogP contribution < -0.4 is 10.6 Å². The zero-order valence-corrected chi connectivity index (χ0v) is 15.9. The van der Waals surface area contributed by atoms with Crippen LogP contribution in [-0.2, 0) is 16.0 Å². The van der Waals surface area contributed by atoms with Crippen molar-refractivity contribution >= 4 is 22.8 Å². The van der Waals surface area contributed by atoms with Gasteiger partial charge in [0, 0.05) is 12.5 Å². The number of aromatic nitrogens is 2. The van der Waals surface area contributed by atoms with Crippen molar-refractivity contribution in [2.24, 2.45) is 0 Å². The lowest BCUT2D eigenvalue weighted by Crippen LogP contribution is -2.39. The molecular formula is C21H22F2N4O2. The zero-order valence-electron chi connectivity index (χ0n) is 15.9. The highest BCUT2D eigenvalue weighted by atomic mass is 19.3. The van der Waals surface area contributed by atoms with E-state index in [9.17, 15) is 18.4 Å². The molecule has 0 aliphatic carbocycles. The highest BCUT2D eigenvalue weighted by Crippen LogP contribution is 2.27. The third-order valence-corrected chi connectivity index (χ3v) is 4.52. The lowest BCUT2D eigenvalue weighted by atomic mass is 10.1. The minimum atomic E-state index is -2.73. The van der Waals surface area contributed by atoms with E-state index in [2.05, 4.69) is 15.6 Å². The number of carbonyl (C=O) groups excluding carboxylic acids is 2. The fraction of sp³-hybridized carbons (Fsp3) is 0.286. The van der Waals surface area contributed by atoms with Crippen LogP contribution >= 0.6 is 0 Å². The predicted octanol–water partition coefficient (Wildman–Crippen LogP) is 3.01. The molecule has 29 heavy (non-hydrogen) atoms. The van der Waals surface area contributed by atoms with Gasteiger partial charge >= 0.3 is 6.55 Å². The monoisotopic (exact) mass is 400 g/mol. The number of alkyl halides is 2. The summed E-state index contributed by atoms with van der Waals surface area (Å²) in [5.74, 6) is -0.883. The Kier molecular flexibility index (Phi) is 6.54. The molecule has 6 nitrogen and oxygen atoms in total. The van der Waals surface area contributed by atoms with E-state index in [-0.39, 0.29) is 31.2 Å². The van der Waals surface area contributed by atoms with Crippen molar-refractivity contribution in [3.63, 3.8) is 0 Å². The minimum Gasteiger partial charge on any atom is -0.354 e. The molecule has 0 radical (unpaired) electrons. The van der Waals surface area contributed by atoms with Crippen LogP contribution in [0.4, 0.5) is 8.78 Å². The first-order valence-electron chi connectivity index (χ1n) is 9.28. The van der Waals surface area contributed by atoms with Crippen molar-refractivity contribution < 1.29 is 18.4 Å². The topological polar surface area (TPSA) is 76.0 Å².